The van der Waals surface area contributed by atoms with E-state index in [1.165, 1.54) is 12.1 Å². The zero-order chi connectivity index (χ0) is 29.9. The first-order chi connectivity index (χ1) is 19.5. The number of halogens is 3. The van der Waals surface area contributed by atoms with Gasteiger partial charge in [0, 0.05) is 11.3 Å². The molecule has 4 rings (SSSR count). The van der Waals surface area contributed by atoms with Gasteiger partial charge in [-0.05, 0) is 54.2 Å². The zero-order valence-corrected chi connectivity index (χ0v) is 23.3. The molecule has 1 aliphatic heterocycles. The molecular weight excluding hydrogens is 531 g/mol. The molecule has 0 aliphatic carbocycles. The summed E-state index contributed by atoms with van der Waals surface area (Å²) in [5, 5.41) is 2.75. The number of nitrogens with zero attached hydrogens (tertiary/aromatic N) is 1. The second kappa shape index (κ2) is 12.2. The second-order valence-electron chi connectivity index (χ2n) is 10.5. The van der Waals surface area contributed by atoms with Gasteiger partial charge in [0.25, 0.3) is 5.91 Å². The molecule has 0 radical (unpaired) electrons. The molecule has 3 amide bonds. The van der Waals surface area contributed by atoms with E-state index in [0.29, 0.717) is 16.9 Å². The molecule has 3 aromatic rings. The normalized spacial score (nSPS) is 15.6. The maximum Gasteiger partial charge on any atom is 0.416 e. The molecule has 1 heterocycles. The van der Waals surface area contributed by atoms with Crippen molar-refractivity contribution in [2.75, 3.05) is 10.6 Å². The minimum absolute atomic E-state index is 0.0646. The van der Waals surface area contributed by atoms with Crippen LogP contribution in [0.25, 0.3) is 11.1 Å². The van der Waals surface area contributed by atoms with Crippen molar-refractivity contribution in [3.63, 3.8) is 0 Å². The van der Waals surface area contributed by atoms with E-state index in [4.69, 9.17) is 5.73 Å². The first kappa shape index (κ1) is 29.8. The number of fused-ring (bicyclic) bond motifs is 3. The number of carbonyl (C=O) groups excluding carboxylic acids is 3. The van der Waals surface area contributed by atoms with Crippen molar-refractivity contribution in [1.29, 1.82) is 0 Å². The number of anilines is 2. The van der Waals surface area contributed by atoms with E-state index >= 15 is 0 Å². The number of nitrogen functional groups attached to an aromatic ring is 1. The van der Waals surface area contributed by atoms with E-state index in [0.717, 1.165) is 41.0 Å². The summed E-state index contributed by atoms with van der Waals surface area (Å²) in [5.74, 6) is -2.27. The number of benzene rings is 3. The van der Waals surface area contributed by atoms with Crippen molar-refractivity contribution >= 4 is 29.1 Å². The fourth-order valence-corrected chi connectivity index (χ4v) is 5.43. The van der Waals surface area contributed by atoms with Gasteiger partial charge in [-0.25, -0.2) is 4.90 Å². The highest BCUT2D eigenvalue weighted by Crippen LogP contribution is 2.44. The molecule has 6 nitrogen and oxygen atoms in total. The summed E-state index contributed by atoms with van der Waals surface area (Å²) < 4.78 is 39.6. The Morgan fingerprint density at radius 1 is 1.00 bits per heavy atom. The Balaban J connectivity index is 1.71. The predicted molar refractivity (Wildman–Crippen MR) is 153 cm³/mol. The number of imide groups is 1. The van der Waals surface area contributed by atoms with Gasteiger partial charge in [0.15, 0.2) is 0 Å². The molecule has 2 atom stereocenters. The molecule has 0 spiro atoms. The summed E-state index contributed by atoms with van der Waals surface area (Å²) in [7, 11) is 0. The van der Waals surface area contributed by atoms with Crippen molar-refractivity contribution in [2.24, 2.45) is 5.92 Å². The molecule has 1 aliphatic rings. The van der Waals surface area contributed by atoms with Crippen molar-refractivity contribution in [3.05, 3.63) is 83.4 Å². The quantitative estimate of drug-likeness (QED) is 0.306. The van der Waals surface area contributed by atoms with Crippen LogP contribution >= 0.6 is 0 Å². The van der Waals surface area contributed by atoms with Crippen molar-refractivity contribution in [1.82, 2.24) is 5.32 Å². The maximum absolute atomic E-state index is 14.3. The molecule has 0 aromatic heterocycles. The molecule has 0 saturated carbocycles. The third-order valence-electron chi connectivity index (χ3n) is 7.80. The number of nitrogens with one attached hydrogen (secondary N) is 1. The van der Waals surface area contributed by atoms with Crippen LogP contribution in [0.3, 0.4) is 0 Å². The average Bonchev–Trinajstić information content (AvgIpc) is 3.03. The van der Waals surface area contributed by atoms with Gasteiger partial charge in [0.1, 0.15) is 6.04 Å². The Kier molecular flexibility index (Phi) is 8.85. The minimum Gasteiger partial charge on any atom is -0.398 e. The number of nitrogens with two attached hydrogens (primary N) is 1. The van der Waals surface area contributed by atoms with Gasteiger partial charge in [0.2, 0.25) is 11.8 Å². The molecule has 9 heteroatoms. The summed E-state index contributed by atoms with van der Waals surface area (Å²) in [5.41, 5.74) is 8.48. The van der Waals surface area contributed by atoms with E-state index in [9.17, 15) is 27.6 Å². The highest BCUT2D eigenvalue weighted by atomic mass is 19.4. The van der Waals surface area contributed by atoms with Crippen LogP contribution in [0, 0.1) is 5.92 Å². The average molecular weight is 566 g/mol. The number of alkyl halides is 3. The minimum atomic E-state index is -4.54. The summed E-state index contributed by atoms with van der Waals surface area (Å²) in [4.78, 5) is 42.5. The molecule has 1 unspecified atom stereocenters. The van der Waals surface area contributed by atoms with E-state index in [1.54, 1.807) is 25.1 Å². The third-order valence-corrected chi connectivity index (χ3v) is 7.80. The molecule has 41 heavy (non-hydrogen) atoms. The Labute approximate surface area is 237 Å². The molecule has 3 aromatic carbocycles. The Morgan fingerprint density at radius 3 is 2.37 bits per heavy atom. The number of carbonyl (C=O) groups is 3. The largest absolute Gasteiger partial charge is 0.416 e. The summed E-state index contributed by atoms with van der Waals surface area (Å²) in [6.45, 7) is 5.68. The van der Waals surface area contributed by atoms with Gasteiger partial charge in [-0.3, -0.25) is 14.4 Å². The Bertz CT molecular complexity index is 1450. The molecule has 0 fully saturated rings. The highest BCUT2D eigenvalue weighted by molar-refractivity contribution is 6.22. The smallest absolute Gasteiger partial charge is 0.398 e. The zero-order valence-electron chi connectivity index (χ0n) is 23.3. The monoisotopic (exact) mass is 565 g/mol. The van der Waals surface area contributed by atoms with Gasteiger partial charge in [-0.2, -0.15) is 13.2 Å². The maximum atomic E-state index is 14.3. The predicted octanol–water partition coefficient (Wildman–Crippen LogP) is 6.49. The van der Waals surface area contributed by atoms with E-state index in [2.05, 4.69) is 5.32 Å². The lowest BCUT2D eigenvalue weighted by molar-refractivity contribution is -0.137. The topological polar surface area (TPSA) is 92.5 Å². The van der Waals surface area contributed by atoms with Crippen molar-refractivity contribution < 1.29 is 27.6 Å². The van der Waals surface area contributed by atoms with Crippen LogP contribution in [-0.4, -0.2) is 23.8 Å². The van der Waals surface area contributed by atoms with Gasteiger partial charge < -0.3 is 11.1 Å². The summed E-state index contributed by atoms with van der Waals surface area (Å²) >= 11 is 0. The number of hydrogen-bond donors (Lipinski definition) is 2. The van der Waals surface area contributed by atoms with Crippen molar-refractivity contribution in [2.45, 2.75) is 64.6 Å². The number of hydrogen-bond acceptors (Lipinski definition) is 4. The fourth-order valence-electron chi connectivity index (χ4n) is 5.43. The van der Waals surface area contributed by atoms with Crippen LogP contribution in [0.4, 0.5) is 24.5 Å². The van der Waals surface area contributed by atoms with E-state index in [1.807, 2.05) is 38.1 Å². The molecule has 216 valence electrons. The summed E-state index contributed by atoms with van der Waals surface area (Å²) in [6.07, 6.45) is -3.15. The van der Waals surface area contributed by atoms with Crippen LogP contribution in [0.5, 0.6) is 0 Å². The molecule has 3 N–H and O–H groups in total. The van der Waals surface area contributed by atoms with Crippen LogP contribution in [0.2, 0.25) is 0 Å². The lowest BCUT2D eigenvalue weighted by Crippen LogP contribution is -2.52. The Morgan fingerprint density at radius 2 is 1.68 bits per heavy atom. The molecule has 0 saturated heterocycles. The standard InChI is InChI=1S/C32H34F3N3O3/c1-4-20(5-2)17-26(37-28(39)18-21-10-8-11-22(16-21)32(33,34)35)31(41)38-27-15-9-14-25(36)29(27)24-13-7-6-12-23(24)19(3)30(38)40/h6-16,19-20,26H,4-5,17-18,36H2,1-3H3,(H,37,39)/t19?,26-/m0/s1. The van der Waals surface area contributed by atoms with Crippen LogP contribution in [0.15, 0.2) is 66.7 Å². The van der Waals surface area contributed by atoms with Gasteiger partial charge >= 0.3 is 6.18 Å². The van der Waals surface area contributed by atoms with Gasteiger partial charge in [-0.1, -0.05) is 75.2 Å². The molecular formula is C32H34F3N3O3. The molecule has 0 bridgehead atoms. The number of rotatable bonds is 8. The number of amides is 3. The van der Waals surface area contributed by atoms with E-state index in [-0.39, 0.29) is 24.3 Å². The van der Waals surface area contributed by atoms with Gasteiger partial charge in [-0.15, -0.1) is 0 Å². The summed E-state index contributed by atoms with van der Waals surface area (Å²) in [6, 6.07) is 15.9. The van der Waals surface area contributed by atoms with Crippen LogP contribution < -0.4 is 16.0 Å². The Hall–Kier alpha value is -4.14. The van der Waals surface area contributed by atoms with Crippen LogP contribution in [-0.2, 0) is 27.0 Å². The van der Waals surface area contributed by atoms with E-state index < -0.39 is 41.4 Å². The van der Waals surface area contributed by atoms with Gasteiger partial charge in [0.05, 0.1) is 23.6 Å². The SMILES string of the molecule is CCC(CC)C[C@H](NC(=O)Cc1cccc(C(F)(F)F)c1)C(=O)N1C(=O)C(C)c2ccccc2-c2c(N)cccc21. The van der Waals surface area contributed by atoms with Crippen molar-refractivity contribution in [3.8, 4) is 11.1 Å². The fraction of sp³-hybridized carbons (Fsp3) is 0.344. The lowest BCUT2D eigenvalue weighted by Gasteiger charge is -2.30. The van der Waals surface area contributed by atoms with Crippen LogP contribution in [0.1, 0.15) is 62.6 Å². The second-order valence-corrected chi connectivity index (χ2v) is 10.5. The lowest BCUT2D eigenvalue weighted by atomic mass is 9.91. The first-order valence-electron chi connectivity index (χ1n) is 13.8. The third kappa shape index (κ3) is 6.29. The first-order valence-corrected chi connectivity index (χ1v) is 13.8. The highest BCUT2D eigenvalue weighted by Gasteiger charge is 2.39.